The first-order chi connectivity index (χ1) is 10.7. The van der Waals surface area contributed by atoms with E-state index < -0.39 is 30.0 Å². The van der Waals surface area contributed by atoms with Crippen molar-refractivity contribution in [2.75, 3.05) is 0 Å². The highest BCUT2D eigenvalue weighted by Gasteiger charge is 2.50. The molecule has 3 unspecified atom stereocenters. The predicted molar refractivity (Wildman–Crippen MR) is 86.5 cm³/mol. The topological polar surface area (TPSA) is 151 Å². The van der Waals surface area contributed by atoms with Crippen LogP contribution in [0.5, 0.6) is 0 Å². The van der Waals surface area contributed by atoms with Gasteiger partial charge >= 0.3 is 5.97 Å². The van der Waals surface area contributed by atoms with Crippen LogP contribution in [0.2, 0.25) is 0 Å². The van der Waals surface area contributed by atoms with Crippen molar-refractivity contribution in [1.82, 2.24) is 5.32 Å². The zero-order chi connectivity index (χ0) is 17.7. The highest BCUT2D eigenvalue weighted by Crippen LogP contribution is 2.39. The van der Waals surface area contributed by atoms with Crippen molar-refractivity contribution in [2.24, 2.45) is 34.2 Å². The Hall–Kier alpha value is -1.83. The quantitative estimate of drug-likeness (QED) is 0.318. The normalized spacial score (nSPS) is 28.4. The molecule has 0 aromatic carbocycles. The average Bonchev–Trinajstić information content (AvgIpc) is 2.74. The number of hydrogen-bond donors (Lipinski definition) is 5. The minimum absolute atomic E-state index is 0.0998. The van der Waals surface area contributed by atoms with E-state index in [9.17, 15) is 19.8 Å². The molecule has 0 heterocycles. The third-order valence-corrected chi connectivity index (χ3v) is 4.72. The zero-order valence-corrected chi connectivity index (χ0v) is 13.9. The van der Waals surface area contributed by atoms with Gasteiger partial charge in [0.2, 0.25) is 5.91 Å². The summed E-state index contributed by atoms with van der Waals surface area (Å²) in [5.41, 5.74) is 10.9. The Kier molecular flexibility index (Phi) is 6.80. The molecule has 0 radical (unpaired) electrons. The Balaban J connectivity index is 3.23. The van der Waals surface area contributed by atoms with Crippen LogP contribution in [0, 0.1) is 17.8 Å². The number of aliphatic hydroxyl groups excluding tert-OH is 1. The largest absolute Gasteiger partial charge is 0.481 e. The second kappa shape index (κ2) is 8.14. The van der Waals surface area contributed by atoms with E-state index in [1.54, 1.807) is 0 Å². The lowest BCUT2D eigenvalue weighted by Gasteiger charge is -2.35. The number of rotatable bonds is 7. The summed E-state index contributed by atoms with van der Waals surface area (Å²) in [6.07, 6.45) is 0.612. The van der Waals surface area contributed by atoms with Crippen LogP contribution in [0.4, 0.5) is 0 Å². The summed E-state index contributed by atoms with van der Waals surface area (Å²) >= 11 is 0. The van der Waals surface area contributed by atoms with E-state index in [1.165, 1.54) is 6.92 Å². The van der Waals surface area contributed by atoms with Crippen molar-refractivity contribution in [3.63, 3.8) is 0 Å². The van der Waals surface area contributed by atoms with Crippen molar-refractivity contribution in [3.05, 3.63) is 0 Å². The fraction of sp³-hybridized carbons (Fsp3) is 0.800. The third-order valence-electron chi connectivity index (χ3n) is 4.72. The molecule has 8 nitrogen and oxygen atoms in total. The fourth-order valence-electron chi connectivity index (χ4n) is 3.64. The second-order valence-corrected chi connectivity index (χ2v) is 6.17. The first-order valence-electron chi connectivity index (χ1n) is 7.99. The standard InChI is InChI=1S/C15H28N4O4/c1-4-8(5-2)12(18-7(3)20)11-10(19-15(16)17)6-9(13(11)21)14(22)23/h8-13,21H,4-6H2,1-3H3,(H,18,20)(H,22,23)(H4,16,17,19)/t9?,10-,11-,12?,13?/m1/s1. The van der Waals surface area contributed by atoms with Gasteiger partial charge in [0.15, 0.2) is 5.96 Å². The summed E-state index contributed by atoms with van der Waals surface area (Å²) < 4.78 is 0. The van der Waals surface area contributed by atoms with Gasteiger partial charge in [0.25, 0.3) is 0 Å². The molecule has 8 heteroatoms. The van der Waals surface area contributed by atoms with Crippen molar-refractivity contribution >= 4 is 17.8 Å². The molecule has 1 saturated carbocycles. The summed E-state index contributed by atoms with van der Waals surface area (Å²) in [5.74, 6) is -2.84. The Labute approximate surface area is 136 Å². The van der Waals surface area contributed by atoms with Gasteiger partial charge in [-0.2, -0.15) is 0 Å². The number of aliphatic carboxylic acids is 1. The third kappa shape index (κ3) is 4.57. The molecule has 1 fully saturated rings. The summed E-state index contributed by atoms with van der Waals surface area (Å²) in [5, 5.41) is 22.7. The molecule has 0 bridgehead atoms. The van der Waals surface area contributed by atoms with Crippen LogP contribution < -0.4 is 16.8 Å². The average molecular weight is 328 g/mol. The molecule has 0 aromatic heterocycles. The molecule has 0 spiro atoms. The van der Waals surface area contributed by atoms with Gasteiger partial charge in [-0.3, -0.25) is 9.59 Å². The summed E-state index contributed by atoms with van der Waals surface area (Å²) in [7, 11) is 0. The van der Waals surface area contributed by atoms with E-state index in [4.69, 9.17) is 11.5 Å². The van der Waals surface area contributed by atoms with E-state index in [0.29, 0.717) is 0 Å². The smallest absolute Gasteiger partial charge is 0.309 e. The van der Waals surface area contributed by atoms with Gasteiger partial charge in [-0.25, -0.2) is 4.99 Å². The number of nitrogens with two attached hydrogens (primary N) is 2. The van der Waals surface area contributed by atoms with Gasteiger partial charge in [-0.05, 0) is 12.3 Å². The number of hydrogen-bond acceptors (Lipinski definition) is 4. The van der Waals surface area contributed by atoms with Crippen LogP contribution >= 0.6 is 0 Å². The number of guanidine groups is 1. The molecule has 1 amide bonds. The number of carbonyl (C=O) groups is 2. The minimum Gasteiger partial charge on any atom is -0.481 e. The number of carboxylic acid groups (broad SMARTS) is 1. The Morgan fingerprint density at radius 1 is 1.30 bits per heavy atom. The number of nitrogens with one attached hydrogen (secondary N) is 1. The van der Waals surface area contributed by atoms with Gasteiger partial charge in [0.05, 0.1) is 18.1 Å². The maximum Gasteiger partial charge on any atom is 0.309 e. The van der Waals surface area contributed by atoms with Gasteiger partial charge in [-0.1, -0.05) is 26.7 Å². The fourth-order valence-corrected chi connectivity index (χ4v) is 3.64. The molecular formula is C15H28N4O4. The maximum atomic E-state index is 11.6. The molecule has 1 rings (SSSR count). The van der Waals surface area contributed by atoms with Crippen LogP contribution in [0.25, 0.3) is 0 Å². The molecule has 5 atom stereocenters. The van der Waals surface area contributed by atoms with Crippen molar-refractivity contribution in [2.45, 2.75) is 58.2 Å². The summed E-state index contributed by atoms with van der Waals surface area (Å²) in [6.45, 7) is 5.39. The highest BCUT2D eigenvalue weighted by molar-refractivity contribution is 5.76. The van der Waals surface area contributed by atoms with Crippen molar-refractivity contribution in [1.29, 1.82) is 0 Å². The van der Waals surface area contributed by atoms with Crippen LogP contribution in [0.15, 0.2) is 4.99 Å². The molecule has 0 aliphatic heterocycles. The first-order valence-corrected chi connectivity index (χ1v) is 7.99. The monoisotopic (exact) mass is 328 g/mol. The number of carboxylic acids is 1. The number of carbonyl (C=O) groups excluding carboxylic acids is 1. The molecule has 1 aliphatic carbocycles. The Bertz CT molecular complexity index is 460. The van der Waals surface area contributed by atoms with E-state index in [0.717, 1.165) is 12.8 Å². The van der Waals surface area contributed by atoms with Crippen LogP contribution in [-0.2, 0) is 9.59 Å². The van der Waals surface area contributed by atoms with Crippen molar-refractivity contribution in [3.8, 4) is 0 Å². The lowest BCUT2D eigenvalue weighted by Crippen LogP contribution is -2.51. The molecule has 132 valence electrons. The number of aliphatic imine (C=N–C) groups is 1. The minimum atomic E-state index is -1.11. The molecule has 1 aliphatic rings. The van der Waals surface area contributed by atoms with E-state index in [1.807, 2.05) is 13.8 Å². The molecule has 7 N–H and O–H groups in total. The lowest BCUT2D eigenvalue weighted by atomic mass is 9.80. The Morgan fingerprint density at radius 2 is 1.87 bits per heavy atom. The highest BCUT2D eigenvalue weighted by atomic mass is 16.4. The number of aliphatic hydroxyl groups is 1. The molecular weight excluding hydrogens is 300 g/mol. The Morgan fingerprint density at radius 3 is 2.26 bits per heavy atom. The van der Waals surface area contributed by atoms with Crippen LogP contribution in [0.3, 0.4) is 0 Å². The predicted octanol–water partition coefficient (Wildman–Crippen LogP) is -0.349. The van der Waals surface area contributed by atoms with Gasteiger partial charge in [0.1, 0.15) is 0 Å². The number of amides is 1. The van der Waals surface area contributed by atoms with Gasteiger partial charge < -0.3 is 27.0 Å². The van der Waals surface area contributed by atoms with Crippen LogP contribution in [0.1, 0.15) is 40.0 Å². The van der Waals surface area contributed by atoms with Gasteiger partial charge in [0, 0.05) is 18.9 Å². The van der Waals surface area contributed by atoms with E-state index >= 15 is 0 Å². The van der Waals surface area contributed by atoms with Gasteiger partial charge in [-0.15, -0.1) is 0 Å². The van der Waals surface area contributed by atoms with E-state index in [2.05, 4.69) is 10.3 Å². The first kappa shape index (κ1) is 19.2. The second-order valence-electron chi connectivity index (χ2n) is 6.17. The molecule has 0 saturated heterocycles. The van der Waals surface area contributed by atoms with E-state index in [-0.39, 0.29) is 30.2 Å². The zero-order valence-electron chi connectivity index (χ0n) is 13.9. The molecule has 0 aromatic rings. The molecule has 23 heavy (non-hydrogen) atoms. The maximum absolute atomic E-state index is 11.6. The lowest BCUT2D eigenvalue weighted by molar-refractivity contribution is -0.145. The summed E-state index contributed by atoms with van der Waals surface area (Å²) in [4.78, 5) is 27.1. The SMILES string of the molecule is CCC(CC)C(NC(C)=O)[C@@H]1C(O)C(C(=O)O)C[C@H]1N=C(N)N. The van der Waals surface area contributed by atoms with Crippen molar-refractivity contribution < 1.29 is 19.8 Å². The van der Waals surface area contributed by atoms with Crippen LogP contribution in [-0.4, -0.2) is 46.2 Å². The summed E-state index contributed by atoms with van der Waals surface area (Å²) in [6, 6.07) is -0.913. The number of nitrogens with zero attached hydrogens (tertiary/aromatic N) is 1.